The van der Waals surface area contributed by atoms with E-state index in [0.717, 1.165) is 10.7 Å². The number of rotatable bonds is 3. The number of nitrogens with two attached hydrogens (primary N) is 1. The lowest BCUT2D eigenvalue weighted by molar-refractivity contribution is 0.591. The van der Waals surface area contributed by atoms with E-state index < -0.39 is 5.82 Å². The lowest BCUT2D eigenvalue weighted by Crippen LogP contribution is -2.14. The molecule has 0 saturated carbocycles. The van der Waals surface area contributed by atoms with Crippen LogP contribution in [0.3, 0.4) is 0 Å². The molecule has 1 heterocycles. The van der Waals surface area contributed by atoms with Crippen LogP contribution in [0.1, 0.15) is 22.3 Å². The second-order valence-corrected chi connectivity index (χ2v) is 5.28. The molecule has 2 nitrogen and oxygen atoms in total. The van der Waals surface area contributed by atoms with Gasteiger partial charge in [0.1, 0.15) is 5.82 Å². The van der Waals surface area contributed by atoms with Crippen molar-refractivity contribution in [2.24, 2.45) is 5.73 Å². The average molecular weight is 271 g/mol. The first-order valence-electron chi connectivity index (χ1n) is 5.18. The van der Waals surface area contributed by atoms with Crippen molar-refractivity contribution in [2.75, 3.05) is 0 Å². The van der Waals surface area contributed by atoms with Gasteiger partial charge >= 0.3 is 0 Å². The fourth-order valence-corrected chi connectivity index (χ4v) is 2.47. The molecule has 1 atom stereocenters. The van der Waals surface area contributed by atoms with Gasteiger partial charge in [0.2, 0.25) is 0 Å². The molecule has 2 N–H and O–H groups in total. The van der Waals surface area contributed by atoms with Gasteiger partial charge in [-0.3, -0.25) is 0 Å². The highest BCUT2D eigenvalue weighted by molar-refractivity contribution is 7.09. The van der Waals surface area contributed by atoms with Crippen LogP contribution in [0.4, 0.5) is 4.39 Å². The first kappa shape index (κ1) is 12.5. The molecule has 2 aromatic rings. The van der Waals surface area contributed by atoms with Crippen LogP contribution in [0.2, 0.25) is 5.02 Å². The minimum absolute atomic E-state index is 0.129. The van der Waals surface area contributed by atoms with Gasteiger partial charge in [-0.2, -0.15) is 0 Å². The van der Waals surface area contributed by atoms with E-state index in [1.807, 2.05) is 12.3 Å². The summed E-state index contributed by atoms with van der Waals surface area (Å²) in [5.41, 5.74) is 7.32. The number of aromatic nitrogens is 1. The number of aryl methyl sites for hydroxylation is 1. The van der Waals surface area contributed by atoms with E-state index in [-0.39, 0.29) is 11.1 Å². The highest BCUT2D eigenvalue weighted by atomic mass is 35.5. The van der Waals surface area contributed by atoms with Gasteiger partial charge in [0, 0.05) is 5.38 Å². The van der Waals surface area contributed by atoms with Crippen molar-refractivity contribution in [1.29, 1.82) is 0 Å². The van der Waals surface area contributed by atoms with Gasteiger partial charge in [0.15, 0.2) is 0 Å². The average Bonchev–Trinajstić information content (AvgIpc) is 2.72. The zero-order chi connectivity index (χ0) is 12.4. The Morgan fingerprint density at radius 2 is 2.29 bits per heavy atom. The van der Waals surface area contributed by atoms with E-state index in [1.54, 1.807) is 12.1 Å². The fourth-order valence-electron chi connectivity index (χ4n) is 1.60. The van der Waals surface area contributed by atoms with Gasteiger partial charge in [0.05, 0.1) is 21.8 Å². The van der Waals surface area contributed by atoms with E-state index in [9.17, 15) is 4.39 Å². The molecule has 0 spiro atoms. The van der Waals surface area contributed by atoms with Crippen LogP contribution in [-0.2, 0) is 6.42 Å². The molecule has 0 aliphatic carbocycles. The molecule has 0 bridgehead atoms. The van der Waals surface area contributed by atoms with Crippen LogP contribution in [-0.4, -0.2) is 4.98 Å². The molecule has 1 unspecified atom stereocenters. The third kappa shape index (κ3) is 2.83. The Labute approximate surface area is 108 Å². The highest BCUT2D eigenvalue weighted by Gasteiger charge is 2.14. The first-order valence-corrected chi connectivity index (χ1v) is 6.44. The summed E-state index contributed by atoms with van der Waals surface area (Å²) < 4.78 is 13.7. The van der Waals surface area contributed by atoms with E-state index in [4.69, 9.17) is 17.3 Å². The van der Waals surface area contributed by atoms with Crippen molar-refractivity contribution in [3.63, 3.8) is 0 Å². The molecule has 1 aromatic carbocycles. The predicted octanol–water partition coefficient (Wildman–Crippen LogP) is 3.49. The molecule has 0 amide bonds. The quantitative estimate of drug-likeness (QED) is 0.927. The van der Waals surface area contributed by atoms with Gasteiger partial charge in [-0.05, 0) is 25.0 Å². The minimum Gasteiger partial charge on any atom is -0.322 e. The number of hydrogen-bond donors (Lipinski definition) is 1. The summed E-state index contributed by atoms with van der Waals surface area (Å²) >= 11 is 7.26. The molecular weight excluding hydrogens is 259 g/mol. The van der Waals surface area contributed by atoms with Gasteiger partial charge in [-0.15, -0.1) is 11.3 Å². The molecule has 90 valence electrons. The minimum atomic E-state index is -0.392. The van der Waals surface area contributed by atoms with Gasteiger partial charge in [-0.1, -0.05) is 23.7 Å². The zero-order valence-corrected chi connectivity index (χ0v) is 10.9. The SMILES string of the molecule is Cc1nc(C(N)Cc2cccc(Cl)c2F)cs1. The lowest BCUT2D eigenvalue weighted by atomic mass is 10.0. The molecule has 17 heavy (non-hydrogen) atoms. The highest BCUT2D eigenvalue weighted by Crippen LogP contribution is 2.23. The molecular formula is C12H12ClFN2S. The van der Waals surface area contributed by atoms with Gasteiger partial charge < -0.3 is 5.73 Å². The summed E-state index contributed by atoms with van der Waals surface area (Å²) in [4.78, 5) is 4.30. The Morgan fingerprint density at radius 3 is 2.94 bits per heavy atom. The van der Waals surface area contributed by atoms with Crippen LogP contribution in [0.5, 0.6) is 0 Å². The standard InChI is InChI=1S/C12H12ClFN2S/c1-7-16-11(6-17-7)10(15)5-8-3-2-4-9(13)12(8)14/h2-4,6,10H,5,15H2,1H3. The number of halogens is 2. The van der Waals surface area contributed by atoms with E-state index in [0.29, 0.717) is 12.0 Å². The summed E-state index contributed by atoms with van der Waals surface area (Å²) in [5, 5.41) is 2.99. The maximum absolute atomic E-state index is 13.7. The van der Waals surface area contributed by atoms with Crippen molar-refractivity contribution in [1.82, 2.24) is 4.98 Å². The molecule has 0 saturated heterocycles. The topological polar surface area (TPSA) is 38.9 Å². The van der Waals surface area contributed by atoms with Gasteiger partial charge in [0.25, 0.3) is 0 Å². The molecule has 5 heteroatoms. The Kier molecular flexibility index (Phi) is 3.76. The van der Waals surface area contributed by atoms with Crippen molar-refractivity contribution in [3.8, 4) is 0 Å². The van der Waals surface area contributed by atoms with Crippen LogP contribution in [0.25, 0.3) is 0 Å². The summed E-state index contributed by atoms with van der Waals surface area (Å²) in [5.74, 6) is -0.392. The molecule has 0 radical (unpaired) electrons. The summed E-state index contributed by atoms with van der Waals surface area (Å²) in [7, 11) is 0. The van der Waals surface area contributed by atoms with Crippen LogP contribution >= 0.6 is 22.9 Å². The Hall–Kier alpha value is -0.970. The Balaban J connectivity index is 2.18. The van der Waals surface area contributed by atoms with Crippen LogP contribution in [0.15, 0.2) is 23.6 Å². The Bertz CT molecular complexity index is 527. The summed E-state index contributed by atoms with van der Waals surface area (Å²) in [6.45, 7) is 1.92. The second-order valence-electron chi connectivity index (χ2n) is 3.81. The molecule has 0 aliphatic rings. The lowest BCUT2D eigenvalue weighted by Gasteiger charge is -2.10. The molecule has 2 rings (SSSR count). The number of hydrogen-bond acceptors (Lipinski definition) is 3. The van der Waals surface area contributed by atoms with Crippen LogP contribution in [0, 0.1) is 12.7 Å². The van der Waals surface area contributed by atoms with Crippen molar-refractivity contribution >= 4 is 22.9 Å². The molecule has 0 fully saturated rings. The Morgan fingerprint density at radius 1 is 1.53 bits per heavy atom. The van der Waals surface area contributed by atoms with Crippen molar-refractivity contribution < 1.29 is 4.39 Å². The molecule has 1 aromatic heterocycles. The fraction of sp³-hybridized carbons (Fsp3) is 0.250. The summed E-state index contributed by atoms with van der Waals surface area (Å²) in [6.07, 6.45) is 0.398. The zero-order valence-electron chi connectivity index (χ0n) is 9.28. The van der Waals surface area contributed by atoms with E-state index >= 15 is 0 Å². The predicted molar refractivity (Wildman–Crippen MR) is 68.9 cm³/mol. The first-order chi connectivity index (χ1) is 8.08. The third-order valence-electron chi connectivity index (χ3n) is 2.49. The summed E-state index contributed by atoms with van der Waals surface area (Å²) in [6, 6.07) is 4.65. The number of thiazole rings is 1. The monoisotopic (exact) mass is 270 g/mol. The van der Waals surface area contributed by atoms with Crippen molar-refractivity contribution in [2.45, 2.75) is 19.4 Å². The molecule has 0 aliphatic heterocycles. The second kappa shape index (κ2) is 5.12. The number of nitrogens with zero attached hydrogens (tertiary/aromatic N) is 1. The van der Waals surface area contributed by atoms with E-state index in [1.165, 1.54) is 17.4 Å². The third-order valence-corrected chi connectivity index (χ3v) is 3.57. The van der Waals surface area contributed by atoms with E-state index in [2.05, 4.69) is 4.98 Å². The van der Waals surface area contributed by atoms with Crippen LogP contribution < -0.4 is 5.73 Å². The smallest absolute Gasteiger partial charge is 0.145 e. The van der Waals surface area contributed by atoms with Crippen molar-refractivity contribution in [3.05, 3.63) is 50.7 Å². The number of benzene rings is 1. The maximum Gasteiger partial charge on any atom is 0.145 e. The maximum atomic E-state index is 13.7. The largest absolute Gasteiger partial charge is 0.322 e. The normalized spacial score (nSPS) is 12.7. The van der Waals surface area contributed by atoms with Gasteiger partial charge in [-0.25, -0.2) is 9.37 Å².